The van der Waals surface area contributed by atoms with Gasteiger partial charge in [0.15, 0.2) is 0 Å². The van der Waals surface area contributed by atoms with Crippen LogP contribution in [0.25, 0.3) is 0 Å². The van der Waals surface area contributed by atoms with E-state index in [-0.39, 0.29) is 0 Å². The molecule has 0 saturated carbocycles. The molecule has 0 fully saturated rings. The van der Waals surface area contributed by atoms with Gasteiger partial charge in [0.2, 0.25) is 0 Å². The fourth-order valence-corrected chi connectivity index (χ4v) is 2.28. The average molecular weight is 252 g/mol. The summed E-state index contributed by atoms with van der Waals surface area (Å²) in [5.41, 5.74) is 0. The van der Waals surface area contributed by atoms with Gasteiger partial charge in [-0.25, -0.2) is 4.98 Å². The second kappa shape index (κ2) is 10.3. The quantitative estimate of drug-likeness (QED) is 0.729. The highest BCUT2D eigenvalue weighted by Gasteiger charge is 2.08. The van der Waals surface area contributed by atoms with Gasteiger partial charge in [-0.15, -0.1) is 11.3 Å². The molecule has 0 aliphatic rings. The molecule has 1 rings (SSSR count). The number of hydrogen-bond acceptors (Lipinski definition) is 3. The standard InChI is InChI=1S/C9H12N2S.C5H12/c1-3-4-7(2)9-11-6-8(5-10)12-9;1-3-5-4-2/h6-7H,3-4H2,1-2H3;3-5H2,1-2H3. The Balaban J connectivity index is 0.000000437. The molecule has 1 aromatic heterocycles. The van der Waals surface area contributed by atoms with E-state index in [9.17, 15) is 0 Å². The number of nitrogens with zero attached hydrogens (tertiary/aromatic N) is 2. The normalized spacial score (nSPS) is 11.2. The summed E-state index contributed by atoms with van der Waals surface area (Å²) in [6.45, 7) is 8.74. The van der Waals surface area contributed by atoms with Crippen molar-refractivity contribution in [2.24, 2.45) is 0 Å². The van der Waals surface area contributed by atoms with Crippen LogP contribution in [-0.4, -0.2) is 4.98 Å². The topological polar surface area (TPSA) is 36.7 Å². The lowest BCUT2D eigenvalue weighted by Gasteiger charge is -2.03. The molecular formula is C14H24N2S. The Morgan fingerprint density at radius 1 is 1.29 bits per heavy atom. The number of nitriles is 1. The molecule has 0 radical (unpaired) electrons. The molecule has 1 atom stereocenters. The Bertz CT molecular complexity index is 323. The number of hydrogen-bond donors (Lipinski definition) is 0. The first-order chi connectivity index (χ1) is 8.19. The van der Waals surface area contributed by atoms with E-state index in [4.69, 9.17) is 5.26 Å². The molecule has 0 N–H and O–H groups in total. The molecule has 0 saturated heterocycles. The van der Waals surface area contributed by atoms with Crippen LogP contribution in [0.3, 0.4) is 0 Å². The van der Waals surface area contributed by atoms with Gasteiger partial charge < -0.3 is 0 Å². The lowest BCUT2D eigenvalue weighted by molar-refractivity contribution is 0.660. The highest BCUT2D eigenvalue weighted by Crippen LogP contribution is 2.24. The summed E-state index contributed by atoms with van der Waals surface area (Å²) in [7, 11) is 0. The van der Waals surface area contributed by atoms with E-state index in [1.807, 2.05) is 0 Å². The van der Waals surface area contributed by atoms with Crippen molar-refractivity contribution in [1.82, 2.24) is 4.98 Å². The summed E-state index contributed by atoms with van der Waals surface area (Å²) in [5.74, 6) is 0.502. The fourth-order valence-electron chi connectivity index (χ4n) is 1.48. The third-order valence-corrected chi connectivity index (χ3v) is 3.62. The van der Waals surface area contributed by atoms with Crippen molar-refractivity contribution in [2.45, 2.75) is 65.7 Å². The Morgan fingerprint density at radius 3 is 2.29 bits per heavy atom. The van der Waals surface area contributed by atoms with Crippen molar-refractivity contribution >= 4 is 11.3 Å². The minimum Gasteiger partial charge on any atom is -0.248 e. The lowest BCUT2D eigenvalue weighted by atomic mass is 10.1. The molecule has 0 bridgehead atoms. The lowest BCUT2D eigenvalue weighted by Crippen LogP contribution is -1.90. The Labute approximate surface area is 110 Å². The van der Waals surface area contributed by atoms with E-state index in [0.29, 0.717) is 10.8 Å². The highest BCUT2D eigenvalue weighted by atomic mass is 32.1. The van der Waals surface area contributed by atoms with Crippen LogP contribution in [-0.2, 0) is 0 Å². The summed E-state index contributed by atoms with van der Waals surface area (Å²) in [6, 6.07) is 2.10. The molecule has 1 heterocycles. The molecule has 17 heavy (non-hydrogen) atoms. The van der Waals surface area contributed by atoms with E-state index < -0.39 is 0 Å². The zero-order valence-corrected chi connectivity index (χ0v) is 12.3. The predicted octanol–water partition coefficient (Wildman–Crippen LogP) is 5.11. The van der Waals surface area contributed by atoms with Crippen molar-refractivity contribution in [1.29, 1.82) is 5.26 Å². The molecule has 0 spiro atoms. The van der Waals surface area contributed by atoms with Gasteiger partial charge in [-0.3, -0.25) is 0 Å². The van der Waals surface area contributed by atoms with Gasteiger partial charge in [0, 0.05) is 5.92 Å². The first kappa shape index (κ1) is 16.1. The fraction of sp³-hybridized carbons (Fsp3) is 0.714. The smallest absolute Gasteiger partial charge is 0.124 e. The maximum absolute atomic E-state index is 8.58. The predicted molar refractivity (Wildman–Crippen MR) is 75.4 cm³/mol. The molecule has 0 aliphatic carbocycles. The van der Waals surface area contributed by atoms with E-state index >= 15 is 0 Å². The van der Waals surface area contributed by atoms with Crippen molar-refractivity contribution in [3.63, 3.8) is 0 Å². The van der Waals surface area contributed by atoms with Crippen LogP contribution in [0.5, 0.6) is 0 Å². The molecule has 1 aromatic rings. The third-order valence-electron chi connectivity index (χ3n) is 2.48. The van der Waals surface area contributed by atoms with Crippen molar-refractivity contribution in [3.8, 4) is 6.07 Å². The first-order valence-electron chi connectivity index (χ1n) is 6.55. The summed E-state index contributed by atoms with van der Waals surface area (Å²) in [4.78, 5) is 4.92. The first-order valence-corrected chi connectivity index (χ1v) is 7.36. The van der Waals surface area contributed by atoms with E-state index in [0.717, 1.165) is 11.4 Å². The number of unbranched alkanes of at least 4 members (excludes halogenated alkanes) is 2. The van der Waals surface area contributed by atoms with Crippen LogP contribution in [0.15, 0.2) is 6.20 Å². The van der Waals surface area contributed by atoms with Crippen LogP contribution >= 0.6 is 11.3 Å². The zero-order chi connectivity index (χ0) is 13.1. The summed E-state index contributed by atoms with van der Waals surface area (Å²) in [6.07, 6.45) is 8.06. The molecule has 2 nitrogen and oxygen atoms in total. The number of thiazole rings is 1. The monoisotopic (exact) mass is 252 g/mol. The Kier molecular flexibility index (Phi) is 9.75. The zero-order valence-electron chi connectivity index (χ0n) is 11.5. The van der Waals surface area contributed by atoms with Crippen molar-refractivity contribution in [2.75, 3.05) is 0 Å². The minimum atomic E-state index is 0.502. The van der Waals surface area contributed by atoms with Gasteiger partial charge in [-0.2, -0.15) is 5.26 Å². The molecule has 0 aromatic carbocycles. The van der Waals surface area contributed by atoms with Crippen LogP contribution in [0.2, 0.25) is 0 Å². The highest BCUT2D eigenvalue weighted by molar-refractivity contribution is 7.12. The minimum absolute atomic E-state index is 0.502. The van der Waals surface area contributed by atoms with E-state index in [2.05, 4.69) is 38.7 Å². The second-order valence-electron chi connectivity index (χ2n) is 4.22. The van der Waals surface area contributed by atoms with Gasteiger partial charge in [-0.05, 0) is 6.42 Å². The maximum atomic E-state index is 8.58. The van der Waals surface area contributed by atoms with Gasteiger partial charge >= 0.3 is 0 Å². The van der Waals surface area contributed by atoms with Crippen molar-refractivity contribution < 1.29 is 0 Å². The van der Waals surface area contributed by atoms with Crippen molar-refractivity contribution in [3.05, 3.63) is 16.1 Å². The summed E-state index contributed by atoms with van der Waals surface area (Å²) >= 11 is 1.51. The number of rotatable bonds is 5. The van der Waals surface area contributed by atoms with Crippen LogP contribution in [0.4, 0.5) is 0 Å². The van der Waals surface area contributed by atoms with Gasteiger partial charge in [0.1, 0.15) is 10.9 Å². The number of aromatic nitrogens is 1. The van der Waals surface area contributed by atoms with Gasteiger partial charge in [0.05, 0.1) is 11.2 Å². The van der Waals surface area contributed by atoms with Crippen LogP contribution in [0, 0.1) is 11.3 Å². The summed E-state index contributed by atoms with van der Waals surface area (Å²) in [5, 5.41) is 9.67. The summed E-state index contributed by atoms with van der Waals surface area (Å²) < 4.78 is 0. The molecule has 1 unspecified atom stereocenters. The largest absolute Gasteiger partial charge is 0.248 e. The molecule has 0 amide bonds. The Morgan fingerprint density at radius 2 is 1.94 bits per heavy atom. The molecule has 3 heteroatoms. The molecular weight excluding hydrogens is 228 g/mol. The SMILES string of the molecule is CCCC(C)c1ncc(C#N)s1.CCCCC. The van der Waals surface area contributed by atoms with E-state index in [1.165, 1.54) is 37.0 Å². The average Bonchev–Trinajstić information content (AvgIpc) is 2.80. The van der Waals surface area contributed by atoms with Gasteiger partial charge in [0.25, 0.3) is 0 Å². The molecule has 96 valence electrons. The molecule has 0 aliphatic heterocycles. The van der Waals surface area contributed by atoms with Crippen LogP contribution in [0.1, 0.15) is 75.6 Å². The maximum Gasteiger partial charge on any atom is 0.124 e. The van der Waals surface area contributed by atoms with Gasteiger partial charge in [-0.1, -0.05) is 53.4 Å². The third kappa shape index (κ3) is 7.12. The Hall–Kier alpha value is -0.880. The second-order valence-corrected chi connectivity index (χ2v) is 5.28. The van der Waals surface area contributed by atoms with E-state index in [1.54, 1.807) is 6.20 Å². The van der Waals surface area contributed by atoms with Crippen LogP contribution < -0.4 is 0 Å².